The van der Waals surface area contributed by atoms with E-state index in [-0.39, 0.29) is 11.9 Å². The molecule has 2 saturated carbocycles. The molecule has 25 heavy (non-hydrogen) atoms. The van der Waals surface area contributed by atoms with Gasteiger partial charge in [-0.2, -0.15) is 0 Å². The van der Waals surface area contributed by atoms with Crippen molar-refractivity contribution in [2.75, 3.05) is 5.32 Å². The van der Waals surface area contributed by atoms with Crippen molar-refractivity contribution in [1.82, 2.24) is 0 Å². The molecule has 0 spiro atoms. The molecule has 1 heterocycles. The van der Waals surface area contributed by atoms with E-state index in [1.54, 1.807) is 12.1 Å². The van der Waals surface area contributed by atoms with Crippen LogP contribution in [0.25, 0.3) is 0 Å². The predicted octanol–water partition coefficient (Wildman–Crippen LogP) is 4.82. The second-order valence-electron chi connectivity index (χ2n) is 7.65. The SMILES string of the molecule is O=C(O)c1cccc2c1N[C@@H](c1ccccc1F)[C@@H]1[C@@H]3CC[C@@H](C3)[C@H]21. The van der Waals surface area contributed by atoms with Crippen LogP contribution in [0.5, 0.6) is 0 Å². The van der Waals surface area contributed by atoms with Crippen molar-refractivity contribution < 1.29 is 14.3 Å². The standard InChI is InChI=1S/C21H20FNO2/c22-16-7-2-1-4-13(16)20-18-12-9-8-11(10-12)17(18)14-5-3-6-15(21(24)25)19(14)23-20/h1-7,11-12,17-18,20,23H,8-10H2,(H,24,25)/t11-,12+,17+,18+,20-/m0/s1. The summed E-state index contributed by atoms with van der Waals surface area (Å²) in [5.74, 6) is 0.713. The van der Waals surface area contributed by atoms with Crippen molar-refractivity contribution in [2.45, 2.75) is 31.2 Å². The number of carboxylic acid groups (broad SMARTS) is 1. The molecule has 2 fully saturated rings. The summed E-state index contributed by atoms with van der Waals surface area (Å²) in [7, 11) is 0. The molecule has 2 aromatic carbocycles. The van der Waals surface area contributed by atoms with E-state index in [9.17, 15) is 14.3 Å². The van der Waals surface area contributed by atoms with E-state index < -0.39 is 5.97 Å². The van der Waals surface area contributed by atoms with Gasteiger partial charge in [-0.3, -0.25) is 0 Å². The maximum Gasteiger partial charge on any atom is 0.337 e. The molecule has 0 amide bonds. The first-order valence-corrected chi connectivity index (χ1v) is 9.02. The van der Waals surface area contributed by atoms with Gasteiger partial charge in [-0.25, -0.2) is 9.18 Å². The average Bonchev–Trinajstić information content (AvgIpc) is 3.23. The number of aromatic carboxylic acids is 1. The largest absolute Gasteiger partial charge is 0.478 e. The molecule has 5 rings (SSSR count). The number of nitrogens with one attached hydrogen (secondary N) is 1. The highest BCUT2D eigenvalue weighted by molar-refractivity contribution is 5.95. The summed E-state index contributed by atoms with van der Waals surface area (Å²) in [5, 5.41) is 13.1. The fraction of sp³-hybridized carbons (Fsp3) is 0.381. The lowest BCUT2D eigenvalue weighted by Gasteiger charge is -2.44. The van der Waals surface area contributed by atoms with Crippen LogP contribution in [-0.2, 0) is 0 Å². The molecule has 4 heteroatoms. The Labute approximate surface area is 145 Å². The van der Waals surface area contributed by atoms with E-state index in [0.29, 0.717) is 40.5 Å². The number of halogens is 1. The molecule has 3 aliphatic rings. The second kappa shape index (κ2) is 5.32. The van der Waals surface area contributed by atoms with Crippen LogP contribution in [0.15, 0.2) is 42.5 Å². The van der Waals surface area contributed by atoms with Crippen molar-refractivity contribution in [1.29, 1.82) is 0 Å². The van der Waals surface area contributed by atoms with Gasteiger partial charge in [0.05, 0.1) is 17.3 Å². The summed E-state index contributed by atoms with van der Waals surface area (Å²) < 4.78 is 14.6. The fourth-order valence-corrected chi connectivity index (χ4v) is 5.73. The van der Waals surface area contributed by atoms with Gasteiger partial charge in [0, 0.05) is 5.56 Å². The summed E-state index contributed by atoms with van der Waals surface area (Å²) in [6.45, 7) is 0. The molecule has 2 aliphatic carbocycles. The van der Waals surface area contributed by atoms with E-state index >= 15 is 0 Å². The molecule has 2 aromatic rings. The monoisotopic (exact) mass is 337 g/mol. The van der Waals surface area contributed by atoms with E-state index in [0.717, 1.165) is 5.56 Å². The molecule has 2 N–H and O–H groups in total. The van der Waals surface area contributed by atoms with Gasteiger partial charge in [-0.1, -0.05) is 30.3 Å². The first-order chi connectivity index (χ1) is 12.1. The third-order valence-corrected chi connectivity index (χ3v) is 6.59. The van der Waals surface area contributed by atoms with E-state index in [4.69, 9.17) is 0 Å². The number of benzene rings is 2. The highest BCUT2D eigenvalue weighted by Crippen LogP contribution is 2.64. The Morgan fingerprint density at radius 3 is 2.60 bits per heavy atom. The maximum absolute atomic E-state index is 14.6. The zero-order valence-corrected chi connectivity index (χ0v) is 13.8. The molecule has 128 valence electrons. The summed E-state index contributed by atoms with van der Waals surface area (Å²) in [6.07, 6.45) is 3.58. The third-order valence-electron chi connectivity index (χ3n) is 6.59. The maximum atomic E-state index is 14.6. The molecular weight excluding hydrogens is 317 g/mol. The van der Waals surface area contributed by atoms with Crippen LogP contribution in [0.1, 0.15) is 52.7 Å². The number of rotatable bonds is 2. The van der Waals surface area contributed by atoms with Crippen LogP contribution in [0.3, 0.4) is 0 Å². The molecule has 0 aromatic heterocycles. The number of carbonyl (C=O) groups is 1. The van der Waals surface area contributed by atoms with Crippen LogP contribution in [0.4, 0.5) is 10.1 Å². The number of para-hydroxylation sites is 1. The lowest BCUT2D eigenvalue weighted by molar-refractivity contribution is 0.0697. The number of hydrogen-bond donors (Lipinski definition) is 2. The molecule has 2 bridgehead atoms. The minimum Gasteiger partial charge on any atom is -0.478 e. The highest BCUT2D eigenvalue weighted by Gasteiger charge is 2.54. The fourth-order valence-electron chi connectivity index (χ4n) is 5.73. The third kappa shape index (κ3) is 2.06. The minimum atomic E-state index is -0.932. The second-order valence-corrected chi connectivity index (χ2v) is 7.65. The first-order valence-electron chi connectivity index (χ1n) is 9.02. The summed E-state index contributed by atoms with van der Waals surface area (Å²) >= 11 is 0. The lowest BCUT2D eigenvalue weighted by Crippen LogP contribution is -2.36. The Kier molecular flexibility index (Phi) is 3.18. The topological polar surface area (TPSA) is 49.3 Å². The zero-order valence-electron chi connectivity index (χ0n) is 13.8. The van der Waals surface area contributed by atoms with Gasteiger partial charge < -0.3 is 10.4 Å². The smallest absolute Gasteiger partial charge is 0.337 e. The first kappa shape index (κ1) is 14.9. The summed E-state index contributed by atoms with van der Waals surface area (Å²) in [5.41, 5.74) is 2.76. The minimum absolute atomic E-state index is 0.158. The Hall–Kier alpha value is -2.36. The van der Waals surface area contributed by atoms with Gasteiger partial charge >= 0.3 is 5.97 Å². The number of carboxylic acids is 1. The Balaban J connectivity index is 1.70. The average molecular weight is 337 g/mol. The Morgan fingerprint density at radius 1 is 1.04 bits per heavy atom. The predicted molar refractivity (Wildman–Crippen MR) is 93.2 cm³/mol. The highest BCUT2D eigenvalue weighted by atomic mass is 19.1. The van der Waals surface area contributed by atoms with Gasteiger partial charge in [-0.05, 0) is 60.6 Å². The van der Waals surface area contributed by atoms with E-state index in [2.05, 4.69) is 11.4 Å². The molecular formula is C21H20FNO2. The summed E-state index contributed by atoms with van der Waals surface area (Å²) in [6, 6.07) is 12.3. The van der Waals surface area contributed by atoms with Gasteiger partial charge in [0.2, 0.25) is 0 Å². The van der Waals surface area contributed by atoms with Gasteiger partial charge in [-0.15, -0.1) is 0 Å². The van der Waals surface area contributed by atoms with Crippen LogP contribution in [0, 0.1) is 23.6 Å². The van der Waals surface area contributed by atoms with E-state index in [1.165, 1.54) is 25.3 Å². The lowest BCUT2D eigenvalue weighted by atomic mass is 9.67. The van der Waals surface area contributed by atoms with Gasteiger partial charge in [0.15, 0.2) is 0 Å². The molecule has 0 saturated heterocycles. The van der Waals surface area contributed by atoms with E-state index in [1.807, 2.05) is 18.2 Å². The van der Waals surface area contributed by atoms with Gasteiger partial charge in [0.1, 0.15) is 5.82 Å². The van der Waals surface area contributed by atoms with Crippen molar-refractivity contribution >= 4 is 11.7 Å². The molecule has 0 unspecified atom stereocenters. The van der Waals surface area contributed by atoms with Crippen molar-refractivity contribution in [3.8, 4) is 0 Å². The van der Waals surface area contributed by atoms with Crippen molar-refractivity contribution in [3.05, 3.63) is 65.0 Å². The van der Waals surface area contributed by atoms with Crippen LogP contribution < -0.4 is 5.32 Å². The van der Waals surface area contributed by atoms with Crippen LogP contribution >= 0.6 is 0 Å². The molecule has 3 nitrogen and oxygen atoms in total. The molecule has 1 aliphatic heterocycles. The zero-order chi connectivity index (χ0) is 17.1. The quantitative estimate of drug-likeness (QED) is 0.826. The van der Waals surface area contributed by atoms with Gasteiger partial charge in [0.25, 0.3) is 0 Å². The van der Waals surface area contributed by atoms with Crippen LogP contribution in [-0.4, -0.2) is 11.1 Å². The normalized spacial score (nSPS) is 32.0. The van der Waals surface area contributed by atoms with Crippen LogP contribution in [0.2, 0.25) is 0 Å². The Morgan fingerprint density at radius 2 is 1.80 bits per heavy atom. The molecule has 0 radical (unpaired) electrons. The number of anilines is 1. The van der Waals surface area contributed by atoms with Crippen molar-refractivity contribution in [2.24, 2.45) is 17.8 Å². The number of hydrogen-bond acceptors (Lipinski definition) is 2. The molecule has 5 atom stereocenters. The summed E-state index contributed by atoms with van der Waals surface area (Å²) in [4.78, 5) is 11.7. The van der Waals surface area contributed by atoms with Crippen molar-refractivity contribution in [3.63, 3.8) is 0 Å². The Bertz CT molecular complexity index is 865. The number of fused-ring (bicyclic) bond motifs is 7.